The van der Waals surface area contributed by atoms with Gasteiger partial charge in [0.25, 0.3) is 5.91 Å². The van der Waals surface area contributed by atoms with Gasteiger partial charge in [-0.05, 0) is 17.5 Å². The molecule has 0 radical (unpaired) electrons. The van der Waals surface area contributed by atoms with Crippen LogP contribution in [0.15, 0.2) is 42.7 Å². The van der Waals surface area contributed by atoms with Gasteiger partial charge in [0.05, 0.1) is 11.1 Å². The number of anilines is 1. The van der Waals surface area contributed by atoms with Crippen molar-refractivity contribution in [2.45, 2.75) is 0 Å². The maximum absolute atomic E-state index is 11.3. The first-order valence-electron chi connectivity index (χ1n) is 5.78. The molecule has 0 spiro atoms. The van der Waals surface area contributed by atoms with Crippen molar-refractivity contribution in [3.8, 4) is 11.1 Å². The van der Waals surface area contributed by atoms with E-state index in [-0.39, 0.29) is 11.4 Å². The second-order valence-corrected chi connectivity index (χ2v) is 4.27. The second-order valence-electron chi connectivity index (χ2n) is 4.27. The number of fused-ring (bicyclic) bond motifs is 1. The number of amides is 1. The standard InChI is InChI=1S/C14H12N4O/c15-13-11(14(16)19)6-9(7-18-13)10-3-1-2-8-4-5-17-12(8)10/h1-7,17H,(H2,15,18)(H2,16,19). The number of nitrogens with zero attached hydrogens (tertiary/aromatic N) is 1. The van der Waals surface area contributed by atoms with Crippen LogP contribution in [-0.4, -0.2) is 15.9 Å². The van der Waals surface area contributed by atoms with Crippen LogP contribution in [0.3, 0.4) is 0 Å². The number of nitrogen functional groups attached to an aromatic ring is 1. The number of para-hydroxylation sites is 1. The summed E-state index contributed by atoms with van der Waals surface area (Å²) in [5.41, 5.74) is 13.9. The van der Waals surface area contributed by atoms with Crippen molar-refractivity contribution in [3.05, 3.63) is 48.3 Å². The molecular formula is C14H12N4O. The van der Waals surface area contributed by atoms with Crippen LogP contribution < -0.4 is 11.5 Å². The highest BCUT2D eigenvalue weighted by atomic mass is 16.1. The minimum atomic E-state index is -0.578. The van der Waals surface area contributed by atoms with Crippen LogP contribution in [0.5, 0.6) is 0 Å². The molecule has 1 amide bonds. The molecule has 5 N–H and O–H groups in total. The quantitative estimate of drug-likeness (QED) is 0.649. The molecule has 0 bridgehead atoms. The Morgan fingerprint density at radius 1 is 1.26 bits per heavy atom. The lowest BCUT2D eigenvalue weighted by Gasteiger charge is -2.06. The fourth-order valence-corrected chi connectivity index (χ4v) is 2.15. The molecule has 0 unspecified atom stereocenters. The molecule has 94 valence electrons. The number of primary amides is 1. The lowest BCUT2D eigenvalue weighted by molar-refractivity contribution is 0.100. The topological polar surface area (TPSA) is 97.8 Å². The van der Waals surface area contributed by atoms with Gasteiger partial charge in [-0.1, -0.05) is 18.2 Å². The molecule has 3 aromatic rings. The molecule has 19 heavy (non-hydrogen) atoms. The normalized spacial score (nSPS) is 10.7. The van der Waals surface area contributed by atoms with Gasteiger partial charge >= 0.3 is 0 Å². The largest absolute Gasteiger partial charge is 0.383 e. The average molecular weight is 252 g/mol. The number of carbonyl (C=O) groups excluding carboxylic acids is 1. The molecule has 0 saturated carbocycles. The third kappa shape index (κ3) is 1.81. The monoisotopic (exact) mass is 252 g/mol. The van der Waals surface area contributed by atoms with E-state index in [1.807, 2.05) is 30.5 Å². The molecule has 5 heteroatoms. The predicted molar refractivity (Wildman–Crippen MR) is 74.5 cm³/mol. The lowest BCUT2D eigenvalue weighted by Crippen LogP contribution is -2.14. The van der Waals surface area contributed by atoms with Crippen LogP contribution in [0.25, 0.3) is 22.0 Å². The number of pyridine rings is 1. The second kappa shape index (κ2) is 4.13. The molecule has 1 aromatic carbocycles. The van der Waals surface area contributed by atoms with Crippen molar-refractivity contribution in [2.24, 2.45) is 5.73 Å². The van der Waals surface area contributed by atoms with Gasteiger partial charge in [-0.25, -0.2) is 4.98 Å². The summed E-state index contributed by atoms with van der Waals surface area (Å²) in [4.78, 5) is 18.5. The summed E-state index contributed by atoms with van der Waals surface area (Å²) in [5.74, 6) is -0.430. The van der Waals surface area contributed by atoms with E-state index in [2.05, 4.69) is 9.97 Å². The Hall–Kier alpha value is -2.82. The van der Waals surface area contributed by atoms with Gasteiger partial charge in [-0.3, -0.25) is 4.79 Å². The van der Waals surface area contributed by atoms with Crippen molar-refractivity contribution >= 4 is 22.6 Å². The number of nitrogens with one attached hydrogen (secondary N) is 1. The Balaban J connectivity index is 2.24. The number of benzene rings is 1. The Bertz CT molecular complexity index is 776. The highest BCUT2D eigenvalue weighted by Crippen LogP contribution is 2.28. The van der Waals surface area contributed by atoms with Gasteiger partial charge in [0.1, 0.15) is 5.82 Å². The Morgan fingerprint density at radius 2 is 2.11 bits per heavy atom. The third-order valence-corrected chi connectivity index (χ3v) is 3.08. The molecule has 0 atom stereocenters. The molecule has 0 aliphatic rings. The number of hydrogen-bond acceptors (Lipinski definition) is 3. The maximum Gasteiger partial charge on any atom is 0.252 e. The van der Waals surface area contributed by atoms with E-state index < -0.39 is 5.91 Å². The summed E-state index contributed by atoms with van der Waals surface area (Å²) in [5, 5.41) is 1.09. The zero-order valence-corrected chi connectivity index (χ0v) is 10.1. The van der Waals surface area contributed by atoms with Crippen molar-refractivity contribution in [1.82, 2.24) is 9.97 Å². The van der Waals surface area contributed by atoms with E-state index in [1.54, 1.807) is 12.3 Å². The number of aromatic amines is 1. The highest BCUT2D eigenvalue weighted by Gasteiger charge is 2.11. The van der Waals surface area contributed by atoms with E-state index in [4.69, 9.17) is 11.5 Å². The zero-order valence-electron chi connectivity index (χ0n) is 10.1. The first-order valence-corrected chi connectivity index (χ1v) is 5.78. The number of rotatable bonds is 2. The first-order chi connectivity index (χ1) is 9.16. The van der Waals surface area contributed by atoms with Crippen LogP contribution in [0.2, 0.25) is 0 Å². The van der Waals surface area contributed by atoms with Crippen LogP contribution in [0.1, 0.15) is 10.4 Å². The molecule has 2 heterocycles. The van der Waals surface area contributed by atoms with Gasteiger partial charge in [-0.2, -0.15) is 0 Å². The molecule has 5 nitrogen and oxygen atoms in total. The Morgan fingerprint density at radius 3 is 2.89 bits per heavy atom. The molecule has 3 rings (SSSR count). The first kappa shape index (κ1) is 11.3. The van der Waals surface area contributed by atoms with Crippen molar-refractivity contribution in [3.63, 3.8) is 0 Å². The van der Waals surface area contributed by atoms with E-state index in [1.165, 1.54) is 0 Å². The average Bonchev–Trinajstić information content (AvgIpc) is 2.87. The van der Waals surface area contributed by atoms with Gasteiger partial charge in [0, 0.05) is 23.5 Å². The SMILES string of the molecule is NC(=O)c1cc(-c2cccc3cc[nH]c23)cnc1N. The fourth-order valence-electron chi connectivity index (χ4n) is 2.15. The van der Waals surface area contributed by atoms with Gasteiger partial charge < -0.3 is 16.5 Å². The summed E-state index contributed by atoms with van der Waals surface area (Å²) in [7, 11) is 0. The molecule has 0 fully saturated rings. The minimum absolute atomic E-state index is 0.148. The Labute approximate surface area is 109 Å². The smallest absolute Gasteiger partial charge is 0.252 e. The fraction of sp³-hybridized carbons (Fsp3) is 0. The highest BCUT2D eigenvalue weighted by molar-refractivity contribution is 6.00. The number of nitrogens with two attached hydrogens (primary N) is 2. The van der Waals surface area contributed by atoms with Crippen LogP contribution >= 0.6 is 0 Å². The molecule has 0 saturated heterocycles. The van der Waals surface area contributed by atoms with E-state index in [9.17, 15) is 4.79 Å². The van der Waals surface area contributed by atoms with Gasteiger partial charge in [-0.15, -0.1) is 0 Å². The minimum Gasteiger partial charge on any atom is -0.383 e. The van der Waals surface area contributed by atoms with Crippen molar-refractivity contribution in [1.29, 1.82) is 0 Å². The number of carbonyl (C=O) groups is 1. The summed E-state index contributed by atoms with van der Waals surface area (Å²) in [6.07, 6.45) is 3.51. The van der Waals surface area contributed by atoms with Crippen LogP contribution in [0.4, 0.5) is 5.82 Å². The maximum atomic E-state index is 11.3. The van der Waals surface area contributed by atoms with Crippen LogP contribution in [-0.2, 0) is 0 Å². The van der Waals surface area contributed by atoms with E-state index >= 15 is 0 Å². The lowest BCUT2D eigenvalue weighted by atomic mass is 10.0. The summed E-state index contributed by atoms with van der Waals surface area (Å²) in [6.45, 7) is 0. The molecule has 0 aliphatic carbocycles. The third-order valence-electron chi connectivity index (χ3n) is 3.08. The summed E-state index contributed by atoms with van der Waals surface area (Å²) < 4.78 is 0. The number of hydrogen-bond donors (Lipinski definition) is 3. The van der Waals surface area contributed by atoms with E-state index in [0.717, 1.165) is 22.0 Å². The van der Waals surface area contributed by atoms with Crippen molar-refractivity contribution in [2.75, 3.05) is 5.73 Å². The van der Waals surface area contributed by atoms with Gasteiger partial charge in [0.15, 0.2) is 0 Å². The van der Waals surface area contributed by atoms with Gasteiger partial charge in [0.2, 0.25) is 0 Å². The van der Waals surface area contributed by atoms with Crippen LogP contribution in [0, 0.1) is 0 Å². The zero-order chi connectivity index (χ0) is 13.4. The molecule has 0 aliphatic heterocycles. The predicted octanol–water partition coefficient (Wildman–Crippen LogP) is 1.91. The molecular weight excluding hydrogens is 240 g/mol. The molecule has 2 aromatic heterocycles. The van der Waals surface area contributed by atoms with E-state index in [0.29, 0.717) is 0 Å². The summed E-state index contributed by atoms with van der Waals surface area (Å²) >= 11 is 0. The van der Waals surface area contributed by atoms with Crippen molar-refractivity contribution < 1.29 is 4.79 Å². The summed E-state index contributed by atoms with van der Waals surface area (Å²) in [6, 6.07) is 9.57. The Kier molecular flexibility index (Phi) is 2.45. The number of aromatic nitrogens is 2. The number of H-pyrrole nitrogens is 1.